The largest absolute Gasteiger partial charge is 0.481 e. The third kappa shape index (κ3) is 12.3. The molecule has 0 aliphatic carbocycles. The number of nitrogens with one attached hydrogen (secondary N) is 1. The van der Waals surface area contributed by atoms with Crippen LogP contribution in [0, 0.1) is 6.07 Å². The Hall–Kier alpha value is -2.29. The number of carbonyl (C=O) groups excluding carboxylic acids is 1. The Balaban J connectivity index is 1.59. The fraction of sp³-hybridized carbons (Fsp3) is 0.581. The Morgan fingerprint density at radius 2 is 1.50 bits per heavy atom. The molecule has 1 N–H and O–H groups in total. The molecule has 0 saturated carbocycles. The van der Waals surface area contributed by atoms with Gasteiger partial charge in [-0.3, -0.25) is 4.79 Å². The van der Waals surface area contributed by atoms with Crippen LogP contribution >= 0.6 is 0 Å². The highest BCUT2D eigenvalue weighted by Crippen LogP contribution is 2.19. The minimum atomic E-state index is -0.508. The van der Waals surface area contributed by atoms with Gasteiger partial charge in [0, 0.05) is 5.69 Å². The van der Waals surface area contributed by atoms with Crippen molar-refractivity contribution in [2.24, 2.45) is 0 Å². The molecule has 34 heavy (non-hydrogen) atoms. The molecule has 1 radical (unpaired) electrons. The van der Waals surface area contributed by atoms with Gasteiger partial charge in [-0.15, -0.1) is 0 Å². The van der Waals surface area contributed by atoms with Crippen molar-refractivity contribution in [1.82, 2.24) is 0 Å². The molecule has 1 unspecified atom stereocenters. The van der Waals surface area contributed by atoms with E-state index in [4.69, 9.17) is 4.74 Å². The van der Waals surface area contributed by atoms with E-state index < -0.39 is 6.10 Å². The SMILES string of the molecule is CCCCCCCCCCCCCCCc1cccc(OC(CC)C(=O)Nc2c[c]ccc2)c1. The Kier molecular flexibility index (Phi) is 14.9. The fourth-order valence-corrected chi connectivity index (χ4v) is 4.30. The summed E-state index contributed by atoms with van der Waals surface area (Å²) in [4.78, 5) is 12.6. The van der Waals surface area contributed by atoms with Crippen LogP contribution < -0.4 is 10.1 Å². The van der Waals surface area contributed by atoms with Crippen molar-refractivity contribution in [2.45, 2.75) is 116 Å². The van der Waals surface area contributed by atoms with Gasteiger partial charge in [0.1, 0.15) is 5.75 Å². The zero-order valence-electron chi connectivity index (χ0n) is 21.6. The van der Waals surface area contributed by atoms with Gasteiger partial charge in [-0.25, -0.2) is 0 Å². The van der Waals surface area contributed by atoms with Gasteiger partial charge >= 0.3 is 0 Å². The van der Waals surface area contributed by atoms with Crippen molar-refractivity contribution in [3.8, 4) is 5.75 Å². The quantitative estimate of drug-likeness (QED) is 0.211. The fourth-order valence-electron chi connectivity index (χ4n) is 4.30. The number of aryl methyl sites for hydroxylation is 1. The van der Waals surface area contributed by atoms with E-state index in [-0.39, 0.29) is 5.91 Å². The van der Waals surface area contributed by atoms with Crippen molar-refractivity contribution in [3.63, 3.8) is 0 Å². The lowest BCUT2D eigenvalue weighted by molar-refractivity contribution is -0.122. The van der Waals surface area contributed by atoms with Gasteiger partial charge < -0.3 is 10.1 Å². The summed E-state index contributed by atoms with van der Waals surface area (Å²) in [6.45, 7) is 4.25. The summed E-state index contributed by atoms with van der Waals surface area (Å²) in [7, 11) is 0. The zero-order chi connectivity index (χ0) is 24.3. The highest BCUT2D eigenvalue weighted by molar-refractivity contribution is 5.94. The lowest BCUT2D eigenvalue weighted by Crippen LogP contribution is -2.32. The van der Waals surface area contributed by atoms with E-state index in [1.165, 1.54) is 89.0 Å². The summed E-state index contributed by atoms with van der Waals surface area (Å²) in [5.41, 5.74) is 2.03. The number of amides is 1. The van der Waals surface area contributed by atoms with E-state index in [2.05, 4.69) is 30.4 Å². The molecule has 0 spiro atoms. The molecule has 0 heterocycles. The van der Waals surface area contributed by atoms with Gasteiger partial charge in [0.25, 0.3) is 5.91 Å². The van der Waals surface area contributed by atoms with Crippen molar-refractivity contribution in [1.29, 1.82) is 0 Å². The minimum absolute atomic E-state index is 0.121. The number of anilines is 1. The molecule has 0 fully saturated rings. The van der Waals surface area contributed by atoms with Crippen LogP contribution in [0.3, 0.4) is 0 Å². The molecule has 0 saturated heterocycles. The van der Waals surface area contributed by atoms with Crippen LogP contribution in [0.15, 0.2) is 48.5 Å². The Labute approximate surface area is 208 Å². The van der Waals surface area contributed by atoms with E-state index in [1.807, 2.05) is 37.3 Å². The molecule has 0 bridgehead atoms. The number of hydrogen-bond donors (Lipinski definition) is 1. The molecule has 1 amide bonds. The smallest absolute Gasteiger partial charge is 0.265 e. The van der Waals surface area contributed by atoms with Gasteiger partial charge in [0.05, 0.1) is 0 Å². The summed E-state index contributed by atoms with van der Waals surface area (Å²) in [6, 6.07) is 18.5. The molecule has 3 nitrogen and oxygen atoms in total. The maximum absolute atomic E-state index is 12.6. The van der Waals surface area contributed by atoms with Crippen LogP contribution in [0.25, 0.3) is 0 Å². The third-order valence-corrected chi connectivity index (χ3v) is 6.38. The molecular weight excluding hydrogens is 418 g/mol. The normalized spacial score (nSPS) is 11.8. The standard InChI is InChI=1S/C31H46NO2/c1-3-5-6-7-8-9-10-11-12-13-14-15-17-21-27-22-20-25-29(26-27)34-30(4-2)31(33)32-28-23-18-16-19-24-28/h16,18,20,22-26,30H,3-15,17,21H2,1-2H3,(H,32,33). The van der Waals surface area contributed by atoms with E-state index >= 15 is 0 Å². The predicted octanol–water partition coefficient (Wildman–Crippen LogP) is 8.92. The highest BCUT2D eigenvalue weighted by atomic mass is 16.5. The molecule has 187 valence electrons. The van der Waals surface area contributed by atoms with Gasteiger partial charge in [-0.1, -0.05) is 115 Å². The van der Waals surface area contributed by atoms with Gasteiger partial charge in [0.15, 0.2) is 6.10 Å². The van der Waals surface area contributed by atoms with Crippen molar-refractivity contribution >= 4 is 11.6 Å². The summed E-state index contributed by atoms with van der Waals surface area (Å²) in [5, 5.41) is 2.91. The van der Waals surface area contributed by atoms with Crippen LogP contribution in [0.5, 0.6) is 5.75 Å². The molecule has 2 rings (SSSR count). The second-order valence-electron chi connectivity index (χ2n) is 9.44. The van der Waals surface area contributed by atoms with Gasteiger partial charge in [-0.05, 0) is 55.2 Å². The topological polar surface area (TPSA) is 38.3 Å². The van der Waals surface area contributed by atoms with Crippen LogP contribution in [0.1, 0.15) is 109 Å². The van der Waals surface area contributed by atoms with E-state index in [0.717, 1.165) is 17.9 Å². The summed E-state index contributed by atoms with van der Waals surface area (Å²) in [5.74, 6) is 0.651. The molecule has 0 aliphatic rings. The van der Waals surface area contributed by atoms with Gasteiger partial charge in [0.2, 0.25) is 0 Å². The second-order valence-corrected chi connectivity index (χ2v) is 9.44. The maximum atomic E-state index is 12.6. The van der Waals surface area contributed by atoms with Crippen molar-refractivity contribution < 1.29 is 9.53 Å². The number of hydrogen-bond acceptors (Lipinski definition) is 2. The molecule has 3 heteroatoms. The first kappa shape index (κ1) is 28.0. The number of unbranched alkanes of at least 4 members (excludes halogenated alkanes) is 12. The van der Waals surface area contributed by atoms with E-state index in [0.29, 0.717) is 6.42 Å². The molecule has 2 aromatic rings. The summed E-state index contributed by atoms with van der Waals surface area (Å²) >= 11 is 0. The number of ether oxygens (including phenoxy) is 1. The van der Waals surface area contributed by atoms with Crippen LogP contribution in [0.2, 0.25) is 0 Å². The average molecular weight is 465 g/mol. The molecule has 1 atom stereocenters. The Bertz CT molecular complexity index is 774. The summed E-state index contributed by atoms with van der Waals surface area (Å²) in [6.07, 6.45) is 19.0. The molecule has 0 aromatic heterocycles. The number of benzene rings is 2. The third-order valence-electron chi connectivity index (χ3n) is 6.38. The molecular formula is C31H46NO2. The van der Waals surface area contributed by atoms with Gasteiger partial charge in [-0.2, -0.15) is 0 Å². The lowest BCUT2D eigenvalue weighted by atomic mass is 10.0. The van der Waals surface area contributed by atoms with Crippen molar-refractivity contribution in [2.75, 3.05) is 5.32 Å². The number of carbonyl (C=O) groups is 1. The van der Waals surface area contributed by atoms with E-state index in [1.54, 1.807) is 6.07 Å². The molecule has 2 aromatic carbocycles. The highest BCUT2D eigenvalue weighted by Gasteiger charge is 2.18. The predicted molar refractivity (Wildman–Crippen MR) is 144 cm³/mol. The monoisotopic (exact) mass is 464 g/mol. The first-order valence-electron chi connectivity index (χ1n) is 13.8. The first-order valence-corrected chi connectivity index (χ1v) is 13.8. The van der Waals surface area contributed by atoms with Crippen LogP contribution in [0.4, 0.5) is 5.69 Å². The summed E-state index contributed by atoms with van der Waals surface area (Å²) < 4.78 is 6.03. The second kappa shape index (κ2) is 18.1. The minimum Gasteiger partial charge on any atom is -0.481 e. The lowest BCUT2D eigenvalue weighted by Gasteiger charge is -2.18. The van der Waals surface area contributed by atoms with Crippen LogP contribution in [-0.4, -0.2) is 12.0 Å². The molecule has 0 aliphatic heterocycles. The Morgan fingerprint density at radius 1 is 0.853 bits per heavy atom. The first-order chi connectivity index (χ1) is 16.7. The Morgan fingerprint density at radius 3 is 2.09 bits per heavy atom. The number of rotatable bonds is 19. The van der Waals surface area contributed by atoms with Crippen LogP contribution in [-0.2, 0) is 11.2 Å². The zero-order valence-corrected chi connectivity index (χ0v) is 21.6. The average Bonchev–Trinajstić information content (AvgIpc) is 2.86. The maximum Gasteiger partial charge on any atom is 0.265 e. The van der Waals surface area contributed by atoms with E-state index in [9.17, 15) is 4.79 Å². The van der Waals surface area contributed by atoms with Crippen molar-refractivity contribution in [3.05, 3.63) is 60.2 Å².